The van der Waals surface area contributed by atoms with E-state index < -0.39 is 0 Å². The zero-order chi connectivity index (χ0) is 20.1. The minimum atomic E-state index is -0.293. The molecule has 6 heteroatoms. The Balaban J connectivity index is 1.52. The number of rotatable bonds is 5. The fourth-order valence-electron chi connectivity index (χ4n) is 3.42. The summed E-state index contributed by atoms with van der Waals surface area (Å²) < 4.78 is 13.1. The first kappa shape index (κ1) is 19.9. The van der Waals surface area contributed by atoms with E-state index in [0.717, 1.165) is 16.9 Å². The molecule has 1 heterocycles. The van der Waals surface area contributed by atoms with E-state index in [-0.39, 0.29) is 30.0 Å². The van der Waals surface area contributed by atoms with E-state index in [9.17, 15) is 14.0 Å². The minimum Gasteiger partial charge on any atom is -0.368 e. The molecule has 0 aliphatic carbocycles. The summed E-state index contributed by atoms with van der Waals surface area (Å²) in [5.74, 6) is -0.438. The van der Waals surface area contributed by atoms with Crippen LogP contribution in [0.4, 0.5) is 15.8 Å². The molecule has 0 spiro atoms. The van der Waals surface area contributed by atoms with Crippen molar-refractivity contribution in [2.45, 2.75) is 26.2 Å². The Morgan fingerprint density at radius 1 is 1.00 bits per heavy atom. The van der Waals surface area contributed by atoms with Gasteiger partial charge in [-0.25, -0.2) is 4.39 Å². The van der Waals surface area contributed by atoms with Crippen LogP contribution < -0.4 is 10.2 Å². The summed E-state index contributed by atoms with van der Waals surface area (Å²) in [7, 11) is 0. The van der Waals surface area contributed by atoms with Crippen LogP contribution in [0, 0.1) is 5.82 Å². The molecule has 1 aliphatic heterocycles. The smallest absolute Gasteiger partial charge is 0.233 e. The number of nitrogens with one attached hydrogen (secondary N) is 1. The summed E-state index contributed by atoms with van der Waals surface area (Å²) in [6, 6.07) is 14.0. The molecule has 1 N–H and O–H groups in total. The van der Waals surface area contributed by atoms with Gasteiger partial charge in [0, 0.05) is 37.6 Å². The second-order valence-corrected chi connectivity index (χ2v) is 7.31. The summed E-state index contributed by atoms with van der Waals surface area (Å²) in [5.41, 5.74) is 2.75. The molecule has 0 radical (unpaired) electrons. The van der Waals surface area contributed by atoms with Crippen LogP contribution in [0.5, 0.6) is 0 Å². The van der Waals surface area contributed by atoms with Crippen molar-refractivity contribution in [3.8, 4) is 0 Å². The van der Waals surface area contributed by atoms with Crippen LogP contribution in [0.15, 0.2) is 48.5 Å². The van der Waals surface area contributed by atoms with Crippen molar-refractivity contribution in [2.75, 3.05) is 36.4 Å². The molecule has 5 nitrogen and oxygen atoms in total. The van der Waals surface area contributed by atoms with Crippen molar-refractivity contribution in [2.24, 2.45) is 0 Å². The number of hydrogen-bond acceptors (Lipinski definition) is 3. The molecule has 1 fully saturated rings. The Bertz CT molecular complexity index is 828. The number of piperazine rings is 1. The van der Waals surface area contributed by atoms with Crippen LogP contribution in [0.3, 0.4) is 0 Å². The third-order valence-corrected chi connectivity index (χ3v) is 4.99. The first-order chi connectivity index (χ1) is 13.4. The molecule has 28 heavy (non-hydrogen) atoms. The van der Waals surface area contributed by atoms with Gasteiger partial charge in [-0.15, -0.1) is 0 Å². The number of nitrogens with zero attached hydrogens (tertiary/aromatic N) is 2. The predicted molar refractivity (Wildman–Crippen MR) is 109 cm³/mol. The molecule has 2 aromatic carbocycles. The molecule has 1 saturated heterocycles. The van der Waals surface area contributed by atoms with Crippen molar-refractivity contribution in [1.29, 1.82) is 0 Å². The van der Waals surface area contributed by atoms with Gasteiger partial charge in [-0.1, -0.05) is 32.0 Å². The fourth-order valence-corrected chi connectivity index (χ4v) is 3.42. The highest BCUT2D eigenvalue weighted by Crippen LogP contribution is 2.24. The van der Waals surface area contributed by atoms with Crippen molar-refractivity contribution in [1.82, 2.24) is 4.90 Å². The summed E-state index contributed by atoms with van der Waals surface area (Å²) in [6.45, 7) is 6.55. The highest BCUT2D eigenvalue weighted by atomic mass is 19.1. The molecule has 148 valence electrons. The second kappa shape index (κ2) is 8.87. The van der Waals surface area contributed by atoms with Gasteiger partial charge in [0.2, 0.25) is 11.8 Å². The molecule has 3 rings (SSSR count). The Kier molecular flexibility index (Phi) is 6.29. The number of carbonyl (C=O) groups excluding carboxylic acids is 2. The quantitative estimate of drug-likeness (QED) is 0.803. The third-order valence-electron chi connectivity index (χ3n) is 4.99. The fraction of sp³-hybridized carbons (Fsp3) is 0.364. The zero-order valence-corrected chi connectivity index (χ0v) is 16.3. The second-order valence-electron chi connectivity index (χ2n) is 7.31. The van der Waals surface area contributed by atoms with E-state index in [1.54, 1.807) is 17.0 Å². The lowest BCUT2D eigenvalue weighted by Gasteiger charge is -2.36. The maximum atomic E-state index is 13.1. The van der Waals surface area contributed by atoms with Crippen molar-refractivity contribution in [3.63, 3.8) is 0 Å². The number of para-hydroxylation sites is 1. The highest BCUT2D eigenvalue weighted by Gasteiger charge is 2.23. The number of anilines is 2. The summed E-state index contributed by atoms with van der Waals surface area (Å²) in [6.07, 6.45) is -0.164. The Hall–Kier alpha value is -2.89. The number of benzene rings is 2. The van der Waals surface area contributed by atoms with Crippen LogP contribution in [0.1, 0.15) is 31.7 Å². The molecule has 0 unspecified atom stereocenters. The Morgan fingerprint density at radius 3 is 2.29 bits per heavy atom. The molecule has 1 aliphatic rings. The molecule has 2 aromatic rings. The van der Waals surface area contributed by atoms with Gasteiger partial charge in [0.1, 0.15) is 12.2 Å². The average Bonchev–Trinajstić information content (AvgIpc) is 2.69. The normalized spacial score (nSPS) is 14.3. The van der Waals surface area contributed by atoms with Crippen LogP contribution in [0.2, 0.25) is 0 Å². The molecule has 0 saturated carbocycles. The number of amides is 2. The van der Waals surface area contributed by atoms with Crippen molar-refractivity contribution < 1.29 is 14.0 Å². The summed E-state index contributed by atoms with van der Waals surface area (Å²) in [5, 5.41) is 2.87. The van der Waals surface area contributed by atoms with Gasteiger partial charge in [0.05, 0.1) is 0 Å². The van der Waals surface area contributed by atoms with E-state index in [1.807, 2.05) is 24.3 Å². The van der Waals surface area contributed by atoms with Crippen LogP contribution >= 0.6 is 0 Å². The Morgan fingerprint density at radius 2 is 1.64 bits per heavy atom. The van der Waals surface area contributed by atoms with Gasteiger partial charge in [-0.3, -0.25) is 9.59 Å². The molecule has 0 bridgehead atoms. The first-order valence-electron chi connectivity index (χ1n) is 9.61. The highest BCUT2D eigenvalue weighted by molar-refractivity contribution is 6.04. The van der Waals surface area contributed by atoms with Gasteiger partial charge in [0.15, 0.2) is 0 Å². The SMILES string of the molecule is CC(C)c1ccccc1NC(=O)CC(=O)N1CCN(c2ccc(F)cc2)CC1. The van der Waals surface area contributed by atoms with Crippen molar-refractivity contribution in [3.05, 3.63) is 59.9 Å². The average molecular weight is 383 g/mol. The van der Waals surface area contributed by atoms with Gasteiger partial charge >= 0.3 is 0 Å². The van der Waals surface area contributed by atoms with Crippen LogP contribution in [-0.4, -0.2) is 42.9 Å². The maximum absolute atomic E-state index is 13.1. The predicted octanol–water partition coefficient (Wildman–Crippen LogP) is 3.63. The molecular weight excluding hydrogens is 357 g/mol. The van der Waals surface area contributed by atoms with Gasteiger partial charge in [-0.05, 0) is 41.8 Å². The maximum Gasteiger partial charge on any atom is 0.233 e. The molecular formula is C22H26FN3O2. The van der Waals surface area contributed by atoms with E-state index in [2.05, 4.69) is 24.1 Å². The first-order valence-corrected chi connectivity index (χ1v) is 9.61. The molecule has 0 aromatic heterocycles. The lowest BCUT2D eigenvalue weighted by Crippen LogP contribution is -2.49. The molecule has 2 amide bonds. The lowest BCUT2D eigenvalue weighted by molar-refractivity contribution is -0.134. The summed E-state index contributed by atoms with van der Waals surface area (Å²) >= 11 is 0. The van der Waals surface area contributed by atoms with E-state index in [1.165, 1.54) is 12.1 Å². The van der Waals surface area contributed by atoms with Crippen molar-refractivity contribution >= 4 is 23.2 Å². The number of halogens is 1. The van der Waals surface area contributed by atoms with Crippen LogP contribution in [-0.2, 0) is 9.59 Å². The minimum absolute atomic E-state index is 0.164. The van der Waals surface area contributed by atoms with Crippen LogP contribution in [0.25, 0.3) is 0 Å². The van der Waals surface area contributed by atoms with Gasteiger partial charge in [-0.2, -0.15) is 0 Å². The van der Waals surface area contributed by atoms with Gasteiger partial charge in [0.25, 0.3) is 0 Å². The monoisotopic (exact) mass is 383 g/mol. The van der Waals surface area contributed by atoms with E-state index in [4.69, 9.17) is 0 Å². The van der Waals surface area contributed by atoms with E-state index >= 15 is 0 Å². The van der Waals surface area contributed by atoms with Gasteiger partial charge < -0.3 is 15.1 Å². The largest absolute Gasteiger partial charge is 0.368 e. The van der Waals surface area contributed by atoms with E-state index in [0.29, 0.717) is 26.2 Å². The Labute approximate surface area is 165 Å². The number of carbonyl (C=O) groups is 2. The zero-order valence-electron chi connectivity index (χ0n) is 16.3. The molecule has 0 atom stereocenters. The lowest BCUT2D eigenvalue weighted by atomic mass is 10.0. The topological polar surface area (TPSA) is 52.7 Å². The third kappa shape index (κ3) is 4.88. The number of hydrogen-bond donors (Lipinski definition) is 1. The standard InChI is InChI=1S/C22H26FN3O2/c1-16(2)19-5-3-4-6-20(19)24-21(27)15-22(28)26-13-11-25(12-14-26)18-9-7-17(23)8-10-18/h3-10,16H,11-15H2,1-2H3,(H,24,27). The summed E-state index contributed by atoms with van der Waals surface area (Å²) in [4.78, 5) is 28.7.